The molecule has 0 bridgehead atoms. The summed E-state index contributed by atoms with van der Waals surface area (Å²) in [5.74, 6) is -5.34. The molecule has 6 heteroatoms. The van der Waals surface area contributed by atoms with Gasteiger partial charge in [-0.15, -0.1) is 0 Å². The first kappa shape index (κ1) is 11.6. The smallest absolute Gasteiger partial charge is 0.306 e. The van der Waals surface area contributed by atoms with Gasteiger partial charge < -0.3 is 9.52 Å². The van der Waals surface area contributed by atoms with E-state index in [1.807, 2.05) is 0 Å². The molecule has 0 radical (unpaired) electrons. The van der Waals surface area contributed by atoms with Crippen LogP contribution >= 0.6 is 0 Å². The zero-order valence-electron chi connectivity index (χ0n) is 8.33. The zero-order valence-corrected chi connectivity index (χ0v) is 8.33. The van der Waals surface area contributed by atoms with Gasteiger partial charge in [0.2, 0.25) is 0 Å². The number of oxazole rings is 1. The lowest BCUT2D eigenvalue weighted by molar-refractivity contribution is -0.141. The van der Waals surface area contributed by atoms with Gasteiger partial charge >= 0.3 is 11.9 Å². The largest absolute Gasteiger partial charge is 0.481 e. The number of carboxylic acids is 1. The van der Waals surface area contributed by atoms with Gasteiger partial charge in [-0.1, -0.05) is 6.92 Å². The summed E-state index contributed by atoms with van der Waals surface area (Å²) in [6, 6.07) is 0. The maximum atomic E-state index is 12.7. The number of alkyl halides is 2. The van der Waals surface area contributed by atoms with Crippen LogP contribution in [0, 0.1) is 5.92 Å². The molecule has 0 saturated heterocycles. The Bertz CT molecular complexity index is 356. The third-order valence-electron chi connectivity index (χ3n) is 1.89. The van der Waals surface area contributed by atoms with E-state index < -0.39 is 23.6 Å². The van der Waals surface area contributed by atoms with Crippen molar-refractivity contribution in [3.05, 3.63) is 17.8 Å². The predicted molar refractivity (Wildman–Crippen MR) is 46.6 cm³/mol. The van der Waals surface area contributed by atoms with Gasteiger partial charge in [0.15, 0.2) is 11.7 Å². The minimum absolute atomic E-state index is 0.00537. The first-order chi connectivity index (χ1) is 6.80. The second-order valence-electron chi connectivity index (χ2n) is 3.45. The van der Waals surface area contributed by atoms with Crippen LogP contribution in [-0.4, -0.2) is 16.1 Å². The summed E-state index contributed by atoms with van der Waals surface area (Å²) in [7, 11) is 0. The average Bonchev–Trinajstić information content (AvgIpc) is 2.51. The van der Waals surface area contributed by atoms with Crippen molar-refractivity contribution in [2.45, 2.75) is 26.2 Å². The quantitative estimate of drug-likeness (QED) is 0.841. The fourth-order valence-electron chi connectivity index (χ4n) is 0.957. The number of aromatic nitrogens is 1. The number of carbonyl (C=O) groups is 1. The molecule has 84 valence electrons. The van der Waals surface area contributed by atoms with E-state index in [4.69, 9.17) is 9.52 Å². The molecular formula is C9H11F2NO3. The van der Waals surface area contributed by atoms with E-state index in [9.17, 15) is 13.6 Å². The van der Waals surface area contributed by atoms with E-state index in [1.165, 1.54) is 6.92 Å². The standard InChI is InChI=1S/C9H11F2NO3/c1-5(8(13)14)3-7-12-4-6(15-7)9(2,10)11/h4-5H,3H2,1-2H3,(H,13,14). The van der Waals surface area contributed by atoms with Crippen LogP contribution in [0.3, 0.4) is 0 Å². The monoisotopic (exact) mass is 219 g/mol. The first-order valence-electron chi connectivity index (χ1n) is 4.36. The van der Waals surface area contributed by atoms with Gasteiger partial charge in [0, 0.05) is 13.3 Å². The van der Waals surface area contributed by atoms with Crippen molar-refractivity contribution >= 4 is 5.97 Å². The second kappa shape index (κ2) is 3.96. The molecule has 1 unspecified atom stereocenters. The highest BCUT2D eigenvalue weighted by Crippen LogP contribution is 2.27. The molecule has 1 aromatic heterocycles. The predicted octanol–water partition coefficient (Wildman–Crippen LogP) is 2.05. The lowest BCUT2D eigenvalue weighted by Gasteiger charge is -2.04. The summed E-state index contributed by atoms with van der Waals surface area (Å²) in [6.45, 7) is 2.15. The summed E-state index contributed by atoms with van der Waals surface area (Å²) in [4.78, 5) is 14.1. The highest BCUT2D eigenvalue weighted by molar-refractivity contribution is 5.69. The summed E-state index contributed by atoms with van der Waals surface area (Å²) in [6.07, 6.45) is 0.926. The van der Waals surface area contributed by atoms with Gasteiger partial charge in [0.1, 0.15) is 0 Å². The Morgan fingerprint density at radius 1 is 1.73 bits per heavy atom. The molecule has 0 fully saturated rings. The van der Waals surface area contributed by atoms with Crippen molar-refractivity contribution in [1.29, 1.82) is 0 Å². The van der Waals surface area contributed by atoms with Crippen LogP contribution in [0.5, 0.6) is 0 Å². The SMILES string of the molecule is CC(Cc1ncc(C(C)(F)F)o1)C(=O)O. The fourth-order valence-corrected chi connectivity index (χ4v) is 0.957. The molecular weight excluding hydrogens is 208 g/mol. The Balaban J connectivity index is 2.73. The Hall–Kier alpha value is -1.46. The second-order valence-corrected chi connectivity index (χ2v) is 3.45. The lowest BCUT2D eigenvalue weighted by Crippen LogP contribution is -2.12. The van der Waals surface area contributed by atoms with Gasteiger partial charge in [-0.3, -0.25) is 4.79 Å². The van der Waals surface area contributed by atoms with Crippen molar-refractivity contribution in [2.75, 3.05) is 0 Å². The highest BCUT2D eigenvalue weighted by atomic mass is 19.3. The van der Waals surface area contributed by atoms with Crippen LogP contribution in [0.4, 0.5) is 8.78 Å². The number of hydrogen-bond donors (Lipinski definition) is 1. The maximum absolute atomic E-state index is 12.7. The van der Waals surface area contributed by atoms with Crippen molar-refractivity contribution in [1.82, 2.24) is 4.98 Å². The number of carboxylic acid groups (broad SMARTS) is 1. The number of halogens is 2. The van der Waals surface area contributed by atoms with E-state index in [2.05, 4.69) is 4.98 Å². The number of nitrogens with zero attached hydrogens (tertiary/aromatic N) is 1. The van der Waals surface area contributed by atoms with Crippen molar-refractivity contribution in [3.63, 3.8) is 0 Å². The van der Waals surface area contributed by atoms with Crippen molar-refractivity contribution in [3.8, 4) is 0 Å². The Labute approximate surface area is 84.9 Å². The van der Waals surface area contributed by atoms with Crippen molar-refractivity contribution < 1.29 is 23.1 Å². The molecule has 1 atom stereocenters. The molecule has 0 aliphatic rings. The third-order valence-corrected chi connectivity index (χ3v) is 1.89. The molecule has 0 amide bonds. The number of hydrogen-bond acceptors (Lipinski definition) is 3. The first-order valence-corrected chi connectivity index (χ1v) is 4.36. The van der Waals surface area contributed by atoms with E-state index in [0.29, 0.717) is 6.92 Å². The van der Waals surface area contributed by atoms with Crippen LogP contribution in [-0.2, 0) is 17.1 Å². The molecule has 1 aromatic rings. The molecule has 0 aliphatic heterocycles. The summed E-state index contributed by atoms with van der Waals surface area (Å²) in [5, 5.41) is 8.59. The molecule has 0 spiro atoms. The molecule has 0 aromatic carbocycles. The van der Waals surface area contributed by atoms with E-state index >= 15 is 0 Å². The zero-order chi connectivity index (χ0) is 11.6. The van der Waals surface area contributed by atoms with Crippen LogP contribution < -0.4 is 0 Å². The molecule has 0 aliphatic carbocycles. The van der Waals surface area contributed by atoms with E-state index in [-0.39, 0.29) is 12.3 Å². The van der Waals surface area contributed by atoms with Gasteiger partial charge in [0.25, 0.3) is 0 Å². The Morgan fingerprint density at radius 2 is 2.33 bits per heavy atom. The van der Waals surface area contributed by atoms with Gasteiger partial charge in [-0.05, 0) is 0 Å². The molecule has 1 heterocycles. The normalized spacial score (nSPS) is 13.9. The van der Waals surface area contributed by atoms with Crippen molar-refractivity contribution in [2.24, 2.45) is 5.92 Å². The lowest BCUT2D eigenvalue weighted by atomic mass is 10.1. The fraction of sp³-hybridized carbons (Fsp3) is 0.556. The number of rotatable bonds is 4. The summed E-state index contributed by atoms with van der Waals surface area (Å²) < 4.78 is 30.2. The Morgan fingerprint density at radius 3 is 2.73 bits per heavy atom. The van der Waals surface area contributed by atoms with Gasteiger partial charge in [-0.25, -0.2) is 4.98 Å². The number of aliphatic carboxylic acids is 1. The summed E-state index contributed by atoms with van der Waals surface area (Å²) in [5.41, 5.74) is 0. The minimum atomic E-state index is -3.09. The topological polar surface area (TPSA) is 63.3 Å². The average molecular weight is 219 g/mol. The summed E-state index contributed by atoms with van der Waals surface area (Å²) >= 11 is 0. The van der Waals surface area contributed by atoms with Crippen LogP contribution in [0.1, 0.15) is 25.5 Å². The van der Waals surface area contributed by atoms with Gasteiger partial charge in [0.05, 0.1) is 12.1 Å². The highest BCUT2D eigenvalue weighted by Gasteiger charge is 2.29. The van der Waals surface area contributed by atoms with Crippen LogP contribution in [0.2, 0.25) is 0 Å². The maximum Gasteiger partial charge on any atom is 0.306 e. The molecule has 1 N–H and O–H groups in total. The molecule has 0 saturated carbocycles. The molecule has 15 heavy (non-hydrogen) atoms. The van der Waals surface area contributed by atoms with Gasteiger partial charge in [-0.2, -0.15) is 8.78 Å². The molecule has 1 rings (SSSR count). The Kier molecular flexibility index (Phi) is 3.06. The molecule has 4 nitrogen and oxygen atoms in total. The third kappa shape index (κ3) is 3.00. The van der Waals surface area contributed by atoms with Crippen LogP contribution in [0.25, 0.3) is 0 Å². The van der Waals surface area contributed by atoms with Crippen LogP contribution in [0.15, 0.2) is 10.6 Å². The van der Waals surface area contributed by atoms with E-state index in [0.717, 1.165) is 6.20 Å². The van der Waals surface area contributed by atoms with E-state index in [1.54, 1.807) is 0 Å². The minimum Gasteiger partial charge on any atom is -0.481 e.